The minimum Gasteiger partial charge on any atom is -0.479 e. The van der Waals surface area contributed by atoms with Crippen LogP contribution in [0.2, 0.25) is 0 Å². The van der Waals surface area contributed by atoms with E-state index in [-0.39, 0.29) is 5.88 Å². The molecule has 2 aromatic heterocycles. The molecule has 0 amide bonds. The van der Waals surface area contributed by atoms with Gasteiger partial charge in [-0.05, 0) is 23.8 Å². The number of fused-ring (bicyclic) bond motifs is 3. The third-order valence-electron chi connectivity index (χ3n) is 5.21. The van der Waals surface area contributed by atoms with E-state index in [1.807, 2.05) is 60.7 Å². The molecular weight excluding hydrogens is 417 g/mol. The van der Waals surface area contributed by atoms with Gasteiger partial charge in [0.05, 0.1) is 0 Å². The molecule has 0 spiro atoms. The number of aromatic nitrogens is 2. The molecule has 5 aromatic rings. The largest absolute Gasteiger partial charge is 0.479 e. The predicted molar refractivity (Wildman–Crippen MR) is 128 cm³/mol. The van der Waals surface area contributed by atoms with E-state index in [9.17, 15) is 4.79 Å². The number of benzene rings is 3. The van der Waals surface area contributed by atoms with Gasteiger partial charge in [0, 0.05) is 34.5 Å². The van der Waals surface area contributed by atoms with Crippen molar-refractivity contribution >= 4 is 40.9 Å². The molecule has 3 aromatic carbocycles. The van der Waals surface area contributed by atoms with Gasteiger partial charge in [-0.1, -0.05) is 54.6 Å². The Morgan fingerprint density at radius 3 is 2.58 bits per heavy atom. The fraction of sp³-hybridized carbons (Fsp3) is 0.0800. The molecule has 2 N–H and O–H groups in total. The van der Waals surface area contributed by atoms with Crippen molar-refractivity contribution in [3.05, 3.63) is 84.4 Å². The van der Waals surface area contributed by atoms with Crippen LogP contribution in [0.5, 0.6) is 5.88 Å². The molecular formula is C25H20BN3O4. The molecule has 162 valence electrons. The normalized spacial score (nSPS) is 11.0. The van der Waals surface area contributed by atoms with Crippen molar-refractivity contribution < 1.29 is 19.1 Å². The second kappa shape index (κ2) is 9.14. The SMILES string of the molecule is O=C(O)COc1cc(BNCc2ccc3oc4ccccc4c3c2)nc(-c2ccccc2)n1. The molecule has 0 atom stereocenters. The van der Waals surface area contributed by atoms with Gasteiger partial charge >= 0.3 is 5.97 Å². The minimum absolute atomic E-state index is 0.231. The summed E-state index contributed by atoms with van der Waals surface area (Å²) < 4.78 is 11.2. The first kappa shape index (κ1) is 20.7. The van der Waals surface area contributed by atoms with Crippen molar-refractivity contribution in [2.75, 3.05) is 6.61 Å². The van der Waals surface area contributed by atoms with Gasteiger partial charge in [0.25, 0.3) is 7.41 Å². The lowest BCUT2D eigenvalue weighted by Gasteiger charge is -2.09. The number of furan rings is 1. The third-order valence-corrected chi connectivity index (χ3v) is 5.21. The Morgan fingerprint density at radius 2 is 1.73 bits per heavy atom. The molecule has 0 fully saturated rings. The molecule has 0 radical (unpaired) electrons. The lowest BCUT2D eigenvalue weighted by Crippen LogP contribution is -2.33. The average Bonchev–Trinajstić information content (AvgIpc) is 3.21. The summed E-state index contributed by atoms with van der Waals surface area (Å²) in [6, 6.07) is 25.3. The van der Waals surface area contributed by atoms with E-state index >= 15 is 0 Å². The fourth-order valence-electron chi connectivity index (χ4n) is 3.71. The van der Waals surface area contributed by atoms with E-state index in [4.69, 9.17) is 14.3 Å². The number of ether oxygens (including phenoxy) is 1. The van der Waals surface area contributed by atoms with Gasteiger partial charge in [-0.2, -0.15) is 4.98 Å². The number of aliphatic carboxylic acids is 1. The zero-order chi connectivity index (χ0) is 22.6. The Kier molecular flexibility index (Phi) is 5.74. The first-order valence-electron chi connectivity index (χ1n) is 10.5. The maximum Gasteiger partial charge on any atom is 0.341 e. The number of nitrogens with zero attached hydrogens (tertiary/aromatic N) is 2. The molecule has 0 aliphatic heterocycles. The van der Waals surface area contributed by atoms with Crippen molar-refractivity contribution in [2.45, 2.75) is 6.54 Å². The molecule has 0 saturated heterocycles. The summed E-state index contributed by atoms with van der Waals surface area (Å²) in [5, 5.41) is 14.5. The maximum atomic E-state index is 10.9. The van der Waals surface area contributed by atoms with Gasteiger partial charge in [-0.3, -0.25) is 0 Å². The Labute approximate surface area is 190 Å². The Balaban J connectivity index is 1.34. The molecule has 5 rings (SSSR count). The van der Waals surface area contributed by atoms with E-state index in [1.54, 1.807) is 6.07 Å². The Bertz CT molecular complexity index is 1440. The van der Waals surface area contributed by atoms with Crippen molar-refractivity contribution in [3.8, 4) is 17.3 Å². The molecule has 0 aliphatic rings. The number of nitrogens with one attached hydrogen (secondary N) is 1. The Morgan fingerprint density at radius 1 is 0.939 bits per heavy atom. The van der Waals surface area contributed by atoms with Crippen molar-refractivity contribution in [1.82, 2.24) is 15.2 Å². The van der Waals surface area contributed by atoms with E-state index in [0.29, 0.717) is 25.4 Å². The second-order valence-corrected chi connectivity index (χ2v) is 7.60. The maximum absolute atomic E-state index is 10.9. The molecule has 7 nitrogen and oxygen atoms in total. The second-order valence-electron chi connectivity index (χ2n) is 7.60. The zero-order valence-electron chi connectivity index (χ0n) is 17.7. The van der Waals surface area contributed by atoms with Crippen LogP contribution in [0, 0.1) is 0 Å². The fourth-order valence-corrected chi connectivity index (χ4v) is 3.71. The number of hydrogen-bond donors (Lipinski definition) is 2. The Hall–Kier alpha value is -4.17. The molecule has 0 aliphatic carbocycles. The van der Waals surface area contributed by atoms with E-state index in [0.717, 1.165) is 33.1 Å². The molecule has 33 heavy (non-hydrogen) atoms. The number of carboxylic acid groups (broad SMARTS) is 1. The standard InChI is InChI=1S/C25H20BN3O4/c30-24(31)15-32-23-13-22(28-25(29-23)17-6-2-1-3-7-17)26-27-14-16-10-11-21-19(12-16)18-8-4-5-9-20(18)33-21/h1-13,26-27H,14-15H2,(H,30,31). The number of carbonyl (C=O) groups is 1. The summed E-state index contributed by atoms with van der Waals surface area (Å²) in [5.41, 5.74) is 4.40. The summed E-state index contributed by atoms with van der Waals surface area (Å²) >= 11 is 0. The predicted octanol–water partition coefficient (Wildman–Crippen LogP) is 3.27. The van der Waals surface area contributed by atoms with Gasteiger partial charge in [0.2, 0.25) is 5.88 Å². The van der Waals surface area contributed by atoms with Crippen LogP contribution < -0.4 is 15.6 Å². The highest BCUT2D eigenvalue weighted by Gasteiger charge is 2.11. The lowest BCUT2D eigenvalue weighted by atomic mass is 9.88. The van der Waals surface area contributed by atoms with Crippen LogP contribution in [0.1, 0.15) is 5.56 Å². The minimum atomic E-state index is -1.06. The number of carboxylic acids is 1. The highest BCUT2D eigenvalue weighted by atomic mass is 16.5. The molecule has 8 heteroatoms. The van der Waals surface area contributed by atoms with Crippen molar-refractivity contribution in [1.29, 1.82) is 0 Å². The summed E-state index contributed by atoms with van der Waals surface area (Å²) in [6.07, 6.45) is 0. The van der Waals surface area contributed by atoms with Crippen molar-refractivity contribution in [3.63, 3.8) is 0 Å². The van der Waals surface area contributed by atoms with Crippen LogP contribution >= 0.6 is 0 Å². The third kappa shape index (κ3) is 4.71. The topological polar surface area (TPSA) is 97.5 Å². The van der Waals surface area contributed by atoms with E-state index in [2.05, 4.69) is 27.3 Å². The van der Waals surface area contributed by atoms with Crippen molar-refractivity contribution in [2.24, 2.45) is 0 Å². The highest BCUT2D eigenvalue weighted by Crippen LogP contribution is 2.29. The summed E-state index contributed by atoms with van der Waals surface area (Å²) in [6.45, 7) is 0.169. The number of hydrogen-bond acceptors (Lipinski definition) is 6. The van der Waals surface area contributed by atoms with Crippen LogP contribution in [0.3, 0.4) is 0 Å². The molecule has 0 bridgehead atoms. The summed E-state index contributed by atoms with van der Waals surface area (Å²) in [5.74, 6) is -0.340. The molecule has 2 heterocycles. The highest BCUT2D eigenvalue weighted by molar-refractivity contribution is 6.49. The van der Waals surface area contributed by atoms with Gasteiger partial charge in [0.1, 0.15) is 11.2 Å². The van der Waals surface area contributed by atoms with Crippen LogP contribution in [0.15, 0.2) is 83.3 Å². The van der Waals surface area contributed by atoms with Gasteiger partial charge in [-0.15, -0.1) is 0 Å². The zero-order valence-corrected chi connectivity index (χ0v) is 17.7. The summed E-state index contributed by atoms with van der Waals surface area (Å²) in [7, 11) is 0.468. The first-order valence-corrected chi connectivity index (χ1v) is 10.5. The summed E-state index contributed by atoms with van der Waals surface area (Å²) in [4.78, 5) is 19.9. The average molecular weight is 437 g/mol. The number of para-hydroxylation sites is 1. The van der Waals surface area contributed by atoms with Crippen LogP contribution in [0.25, 0.3) is 33.3 Å². The first-order chi connectivity index (χ1) is 16.2. The monoisotopic (exact) mass is 437 g/mol. The van der Waals surface area contributed by atoms with Gasteiger partial charge < -0.3 is 19.5 Å². The molecule has 0 unspecified atom stereocenters. The van der Waals surface area contributed by atoms with E-state index < -0.39 is 12.6 Å². The van der Waals surface area contributed by atoms with Crippen LogP contribution in [-0.2, 0) is 11.3 Å². The van der Waals surface area contributed by atoms with Gasteiger partial charge in [-0.25, -0.2) is 9.78 Å². The quantitative estimate of drug-likeness (QED) is 0.360. The number of rotatable bonds is 8. The molecule has 0 saturated carbocycles. The van der Waals surface area contributed by atoms with Crippen LogP contribution in [0.4, 0.5) is 0 Å². The smallest absolute Gasteiger partial charge is 0.341 e. The lowest BCUT2D eigenvalue weighted by molar-refractivity contribution is -0.139. The van der Waals surface area contributed by atoms with Crippen LogP contribution in [-0.4, -0.2) is 35.1 Å². The van der Waals surface area contributed by atoms with Gasteiger partial charge in [0.15, 0.2) is 12.4 Å². The van der Waals surface area contributed by atoms with E-state index in [1.165, 1.54) is 0 Å².